The van der Waals surface area contributed by atoms with E-state index in [4.69, 9.17) is 91.7 Å². The van der Waals surface area contributed by atoms with Gasteiger partial charge in [-0.15, -0.1) is 0 Å². The van der Waals surface area contributed by atoms with Gasteiger partial charge < -0.3 is 165 Å². The lowest BCUT2D eigenvalue weighted by Crippen LogP contribution is -2.22. The van der Waals surface area contributed by atoms with Gasteiger partial charge in [0.05, 0.1) is 0 Å². The van der Waals surface area contributed by atoms with Gasteiger partial charge in [-0.2, -0.15) is 150 Å². The first-order valence-electron chi connectivity index (χ1n) is 44.2. The standard InChI is InChI=1S/2C9H18N6.3C8H16N6.3C7H14N6.2C6H12N6/c1-3-4-5-6-15(2)9-13-7(10)12-8(11)14-9;1-3-4-5-6-12-9-14-7(10)13-8(11-2)15-9;1-3-4-5-14(2)8-12-6(9)11-7(10)13-8;1-3-4-5-11-8-13-6(9)12-7(10-2)14-8;1-2-3-4-5-11-8-13-6(9)12-7(10)14-8;1-3-4-13(2)7-11-5(8)10-6(9)12-7;1-3-4-10-7-12-5(8)11-6(9-2)13-7;1-2-3-4-10-7-12-5(8)11-6(9)13-7;1-3-12(2)6-10-4(7)9-5(8)11-6;1-3-9-6-11-4(7)10-5(8-2)12-6/h3-6H2,1-2H3,(H4,10,11,12,13,14);3-6H2,1-2H3,(H4,10,11,12,13,14,15);3-5H2,1-2H3,(H4,9,10,11,12,13);3-5H2,1-2H3,(H4,9,10,11,12,13,14);2-5H2,1H3,(H5,9,10,11,12,13,14);3-4H2,1-2H3,(H4,8,9,10,11,12);3-4H2,1-2H3,(H4,8,9,10,11,12,13);2-4H2,1H3,(H5,8,9,10,11,12,13);3H2,1-2H3,(H4,7,8,9,10,11);3H2,1-2H3,(H4,7,8,9,10,11,12). The first-order chi connectivity index (χ1) is 64.5. The second-order valence-electron chi connectivity index (χ2n) is 28.1. The highest BCUT2D eigenvalue weighted by Gasteiger charge is 2.13. The van der Waals surface area contributed by atoms with Crippen LogP contribution in [0.5, 0.6) is 0 Å². The van der Waals surface area contributed by atoms with E-state index in [-0.39, 0.29) is 95.2 Å². The summed E-state index contributed by atoms with van der Waals surface area (Å²) in [6, 6.07) is 0. The fourth-order valence-electron chi connectivity index (χ4n) is 9.65. The van der Waals surface area contributed by atoms with Crippen LogP contribution in [0.2, 0.25) is 0 Å². The Morgan fingerprint density at radius 2 is 0.378 bits per heavy atom. The molecule has 0 aliphatic heterocycles. The van der Waals surface area contributed by atoms with Crippen LogP contribution in [0, 0.1) is 0 Å². The second-order valence-corrected chi connectivity index (χ2v) is 28.1. The molecular formula is C75H150N60. The summed E-state index contributed by atoms with van der Waals surface area (Å²) in [5.74, 6) is 9.71. The molecule has 0 fully saturated rings. The van der Waals surface area contributed by atoms with Crippen molar-refractivity contribution in [1.29, 1.82) is 0 Å². The Kier molecular flexibility index (Phi) is 59.9. The van der Waals surface area contributed by atoms with Gasteiger partial charge in [0.25, 0.3) is 0 Å². The van der Waals surface area contributed by atoms with Gasteiger partial charge in [-0.1, -0.05) is 113 Å². The second kappa shape index (κ2) is 69.1. The third-order valence-corrected chi connectivity index (χ3v) is 16.4. The van der Waals surface area contributed by atoms with E-state index in [0.29, 0.717) is 83.3 Å². The van der Waals surface area contributed by atoms with Crippen LogP contribution >= 0.6 is 0 Å². The summed E-state index contributed by atoms with van der Waals surface area (Å²) >= 11 is 0. The van der Waals surface area contributed by atoms with E-state index < -0.39 is 0 Å². The van der Waals surface area contributed by atoms with Crippen molar-refractivity contribution in [3.05, 3.63) is 0 Å². The van der Waals surface area contributed by atoms with Crippen molar-refractivity contribution in [3.63, 3.8) is 0 Å². The summed E-state index contributed by atoms with van der Waals surface area (Å²) in [6.45, 7) is 29.3. The maximum Gasteiger partial charge on any atom is 0.231 e. The third kappa shape index (κ3) is 54.4. The molecule has 0 spiro atoms. The molecule has 0 unspecified atom stereocenters. The smallest absolute Gasteiger partial charge is 0.231 e. The summed E-state index contributed by atoms with van der Waals surface area (Å²) in [7, 11) is 14.5. The minimum absolute atomic E-state index is 0.145. The molecule has 0 saturated heterocycles. The fraction of sp³-hybridized carbons (Fsp3) is 0.600. The van der Waals surface area contributed by atoms with E-state index >= 15 is 0 Å². The molecular weight excluding hydrogens is 1740 g/mol. The number of hydrogen-bond donors (Lipinski definition) is 26. The molecule has 0 saturated carbocycles. The van der Waals surface area contributed by atoms with Gasteiger partial charge >= 0.3 is 0 Å². The van der Waals surface area contributed by atoms with Crippen LogP contribution < -0.4 is 165 Å². The molecule has 0 atom stereocenters. The van der Waals surface area contributed by atoms with E-state index in [1.165, 1.54) is 38.5 Å². The van der Waals surface area contributed by atoms with Crippen LogP contribution in [-0.2, 0) is 0 Å². The molecule has 42 N–H and O–H groups in total. The molecule has 0 aliphatic carbocycles. The van der Waals surface area contributed by atoms with Gasteiger partial charge in [-0.3, -0.25) is 0 Å². The Morgan fingerprint density at radius 3 is 0.615 bits per heavy atom. The van der Waals surface area contributed by atoms with E-state index in [0.717, 1.165) is 136 Å². The molecule has 10 heterocycles. The van der Waals surface area contributed by atoms with Crippen LogP contribution in [0.25, 0.3) is 0 Å². The molecule has 750 valence electrons. The van der Waals surface area contributed by atoms with Crippen LogP contribution in [0.1, 0.15) is 178 Å². The lowest BCUT2D eigenvalue weighted by atomic mass is 10.2. The lowest BCUT2D eigenvalue weighted by molar-refractivity contribution is 0.696. The Hall–Kier alpha value is -15.9. The Morgan fingerprint density at radius 1 is 0.178 bits per heavy atom. The molecule has 0 aromatic carbocycles. The zero-order valence-corrected chi connectivity index (χ0v) is 81.5. The Balaban J connectivity index is 0.000000751. The topological polar surface area (TPSA) is 936 Å². The molecule has 60 nitrogen and oxygen atoms in total. The first kappa shape index (κ1) is 117. The fourth-order valence-corrected chi connectivity index (χ4v) is 9.65. The predicted molar refractivity (Wildman–Crippen MR) is 546 cm³/mol. The van der Waals surface area contributed by atoms with Gasteiger partial charge in [0.2, 0.25) is 178 Å². The molecule has 0 radical (unpaired) electrons. The lowest BCUT2D eigenvalue weighted by Gasteiger charge is -2.16. The van der Waals surface area contributed by atoms with Gasteiger partial charge in [-0.05, 0) is 65.2 Å². The highest BCUT2D eigenvalue weighted by Crippen LogP contribution is 2.16. The van der Waals surface area contributed by atoms with Crippen molar-refractivity contribution in [2.24, 2.45) is 0 Å². The number of rotatable bonds is 41. The van der Waals surface area contributed by atoms with Gasteiger partial charge in [0, 0.05) is 122 Å². The maximum absolute atomic E-state index is 5.52. The number of unbranched alkanes of at least 4 members (excludes halogenated alkanes) is 9. The first-order valence-corrected chi connectivity index (χ1v) is 44.2. The largest absolute Gasteiger partial charge is 0.368 e. The van der Waals surface area contributed by atoms with Gasteiger partial charge in [-0.25, -0.2) is 0 Å². The number of nitrogens with one attached hydrogen (secondary N) is 10. The Bertz CT molecular complexity index is 4700. The number of nitrogens with zero attached hydrogens (tertiary/aromatic N) is 34. The van der Waals surface area contributed by atoms with Crippen LogP contribution in [0.4, 0.5) is 178 Å². The van der Waals surface area contributed by atoms with Crippen molar-refractivity contribution in [2.45, 2.75) is 178 Å². The van der Waals surface area contributed by atoms with E-state index in [2.05, 4.69) is 258 Å². The molecule has 60 heteroatoms. The number of aromatic nitrogens is 30. The van der Waals surface area contributed by atoms with Crippen LogP contribution in [0.3, 0.4) is 0 Å². The molecule has 10 aromatic heterocycles. The van der Waals surface area contributed by atoms with Crippen LogP contribution in [0.15, 0.2) is 0 Å². The number of anilines is 30. The number of nitrogen functional groups attached to an aromatic ring is 16. The maximum atomic E-state index is 5.52. The zero-order chi connectivity index (χ0) is 101. The van der Waals surface area contributed by atoms with Crippen LogP contribution in [-0.4, -0.2) is 271 Å². The average Bonchev–Trinajstić information content (AvgIpc) is 0.847. The summed E-state index contributed by atoms with van der Waals surface area (Å²) in [4.78, 5) is 124. The van der Waals surface area contributed by atoms with Gasteiger partial charge in [0.15, 0.2) is 0 Å². The van der Waals surface area contributed by atoms with Crippen molar-refractivity contribution >= 4 is 178 Å². The summed E-state index contributed by atoms with van der Waals surface area (Å²) in [5, 5.41) is 29.4. The minimum atomic E-state index is 0.145. The molecule has 135 heavy (non-hydrogen) atoms. The van der Waals surface area contributed by atoms with Crippen molar-refractivity contribution in [2.75, 3.05) is 286 Å². The van der Waals surface area contributed by atoms with E-state index in [1.54, 1.807) is 28.2 Å². The summed E-state index contributed by atoms with van der Waals surface area (Å²) in [5.41, 5.74) is 87.0. The SMILES string of the molecule is CCCCCN(C)c1nc(N)nc(N)n1.CCCCCNc1nc(N)nc(N)n1.CCCCCNc1nc(N)nc(NC)n1.CCCCN(C)c1nc(N)nc(N)n1.CCCCNc1nc(N)nc(N)n1.CCCCNc1nc(N)nc(NC)n1.CCCN(C)c1nc(N)nc(N)n1.CCCNc1nc(N)nc(NC)n1.CCN(C)c1nc(N)nc(N)n1.CCNc1nc(N)nc(NC)n1. The molecule has 10 rings (SSSR count). The van der Waals surface area contributed by atoms with E-state index in [9.17, 15) is 0 Å². The molecule has 0 amide bonds. The highest BCUT2D eigenvalue weighted by atomic mass is 15.3. The molecule has 0 bridgehead atoms. The molecule has 0 aliphatic rings. The van der Waals surface area contributed by atoms with Crippen molar-refractivity contribution < 1.29 is 0 Å². The number of hydrogen-bond acceptors (Lipinski definition) is 60. The normalized spacial score (nSPS) is 9.94. The third-order valence-electron chi connectivity index (χ3n) is 16.4. The summed E-state index contributed by atoms with van der Waals surface area (Å²) < 4.78 is 0. The zero-order valence-electron chi connectivity index (χ0n) is 81.5. The average molecular weight is 1890 g/mol. The Labute approximate surface area is 789 Å². The minimum Gasteiger partial charge on any atom is -0.368 e. The molecule has 10 aromatic rings. The monoisotopic (exact) mass is 1890 g/mol. The summed E-state index contributed by atoms with van der Waals surface area (Å²) in [6.07, 6.45) is 19.1. The van der Waals surface area contributed by atoms with E-state index in [1.807, 2.05) is 61.6 Å². The van der Waals surface area contributed by atoms with Crippen molar-refractivity contribution in [1.82, 2.24) is 150 Å². The quantitative estimate of drug-likeness (QED) is 0.0245. The van der Waals surface area contributed by atoms with Gasteiger partial charge in [0.1, 0.15) is 0 Å². The van der Waals surface area contributed by atoms with Crippen molar-refractivity contribution in [3.8, 4) is 0 Å². The highest BCUT2D eigenvalue weighted by molar-refractivity contribution is 5.47. The predicted octanol–water partition coefficient (Wildman–Crippen LogP) is 3.24. The number of nitrogens with two attached hydrogens (primary N) is 16.